The molecule has 232 valence electrons. The molecule has 8 nitrogen and oxygen atoms in total. The molecule has 0 spiro atoms. The summed E-state index contributed by atoms with van der Waals surface area (Å²) in [4.78, 5) is 28.9. The van der Waals surface area contributed by atoms with E-state index in [0.29, 0.717) is 27.9 Å². The van der Waals surface area contributed by atoms with Crippen LogP contribution < -0.4 is 14.4 Å². The lowest BCUT2D eigenvalue weighted by Gasteiger charge is -2.33. The summed E-state index contributed by atoms with van der Waals surface area (Å²) in [5.74, 6) is -0.403. The van der Waals surface area contributed by atoms with Gasteiger partial charge in [0.15, 0.2) is 0 Å². The number of anilines is 1. The van der Waals surface area contributed by atoms with Crippen molar-refractivity contribution >= 4 is 62.3 Å². The van der Waals surface area contributed by atoms with Crippen molar-refractivity contribution in [2.75, 3.05) is 24.5 Å². The predicted octanol–water partition coefficient (Wildman–Crippen LogP) is 6.74. The summed E-state index contributed by atoms with van der Waals surface area (Å²) >= 11 is 18.7. The van der Waals surface area contributed by atoms with Gasteiger partial charge < -0.3 is 15.0 Å². The van der Waals surface area contributed by atoms with E-state index in [2.05, 4.69) is 5.32 Å². The number of sulfonamides is 1. The number of hydrogen-bond donors (Lipinski definition) is 1. The van der Waals surface area contributed by atoms with Crippen molar-refractivity contribution in [3.63, 3.8) is 0 Å². The second-order valence-electron chi connectivity index (χ2n) is 10.5. The average Bonchev–Trinajstić information content (AvgIpc) is 2.96. The standard InChI is InChI=1S/C31H36Cl3N3O5S/c1-6-28(31(39)35-17-20(2)3)36(18-22-9-13-25(32)26(33)15-22)30(38)19-37(23-10-14-29(42-5)27(34)16-23)43(40,41)24-11-7-21(4)8-12-24/h7-16,20,28H,6,17-19H2,1-5H3,(H,35,39)/t28-/m1/s1. The predicted molar refractivity (Wildman–Crippen MR) is 173 cm³/mol. The molecular weight excluding hydrogens is 633 g/mol. The molecule has 0 unspecified atom stereocenters. The van der Waals surface area contributed by atoms with Crippen LogP contribution in [-0.4, -0.2) is 51.4 Å². The maximum absolute atomic E-state index is 14.2. The van der Waals surface area contributed by atoms with Crippen molar-refractivity contribution in [3.05, 3.63) is 86.9 Å². The Morgan fingerprint density at radius 3 is 2.16 bits per heavy atom. The van der Waals surface area contributed by atoms with Crippen molar-refractivity contribution in [3.8, 4) is 5.75 Å². The normalized spacial score (nSPS) is 12.1. The van der Waals surface area contributed by atoms with E-state index >= 15 is 0 Å². The highest BCUT2D eigenvalue weighted by Crippen LogP contribution is 2.32. The van der Waals surface area contributed by atoms with Gasteiger partial charge in [0.1, 0.15) is 18.3 Å². The smallest absolute Gasteiger partial charge is 0.264 e. The van der Waals surface area contributed by atoms with Crippen molar-refractivity contribution in [2.24, 2.45) is 5.92 Å². The van der Waals surface area contributed by atoms with Gasteiger partial charge in [-0.1, -0.05) is 79.3 Å². The van der Waals surface area contributed by atoms with Crippen LogP contribution in [0.3, 0.4) is 0 Å². The first kappa shape index (κ1) is 34.5. The van der Waals surface area contributed by atoms with E-state index in [1.165, 1.54) is 42.3 Å². The second kappa shape index (κ2) is 15.1. The number of nitrogens with zero attached hydrogens (tertiary/aromatic N) is 2. The fourth-order valence-electron chi connectivity index (χ4n) is 4.35. The number of halogens is 3. The molecule has 0 heterocycles. The Balaban J connectivity index is 2.10. The number of benzene rings is 3. The molecule has 0 saturated heterocycles. The zero-order valence-electron chi connectivity index (χ0n) is 24.7. The number of amides is 2. The minimum absolute atomic E-state index is 0.00408. The lowest BCUT2D eigenvalue weighted by molar-refractivity contribution is -0.140. The highest BCUT2D eigenvalue weighted by Gasteiger charge is 2.34. The molecule has 43 heavy (non-hydrogen) atoms. The van der Waals surface area contributed by atoms with Crippen LogP contribution in [0.1, 0.15) is 38.3 Å². The molecule has 12 heteroatoms. The summed E-state index contributed by atoms with van der Waals surface area (Å²) in [6.45, 7) is 7.37. The van der Waals surface area contributed by atoms with Gasteiger partial charge in [0.05, 0.1) is 32.8 Å². The maximum Gasteiger partial charge on any atom is 0.264 e. The molecular formula is C31H36Cl3N3O5S. The number of aryl methyl sites for hydroxylation is 1. The molecule has 2 amide bonds. The molecule has 0 aliphatic rings. The molecule has 0 saturated carbocycles. The summed E-state index contributed by atoms with van der Waals surface area (Å²) in [6, 6.07) is 14.8. The molecule has 0 radical (unpaired) electrons. The van der Waals surface area contributed by atoms with E-state index in [4.69, 9.17) is 39.5 Å². The van der Waals surface area contributed by atoms with Gasteiger partial charge in [-0.25, -0.2) is 8.42 Å². The fraction of sp³-hybridized carbons (Fsp3) is 0.355. The Morgan fingerprint density at radius 1 is 0.930 bits per heavy atom. The Bertz CT molecular complexity index is 1550. The summed E-state index contributed by atoms with van der Waals surface area (Å²) in [5.41, 5.74) is 1.66. The van der Waals surface area contributed by atoms with Crippen LogP contribution in [0, 0.1) is 12.8 Å². The van der Waals surface area contributed by atoms with Crippen LogP contribution >= 0.6 is 34.8 Å². The van der Waals surface area contributed by atoms with Gasteiger partial charge in [0, 0.05) is 13.1 Å². The Kier molecular flexibility index (Phi) is 12.2. The number of methoxy groups -OCH3 is 1. The fourth-order valence-corrected chi connectivity index (χ4v) is 6.33. The lowest BCUT2D eigenvalue weighted by atomic mass is 10.1. The number of nitrogens with one attached hydrogen (secondary N) is 1. The van der Waals surface area contributed by atoms with Crippen molar-refractivity contribution in [2.45, 2.75) is 51.6 Å². The van der Waals surface area contributed by atoms with E-state index in [1.54, 1.807) is 37.3 Å². The third-order valence-electron chi connectivity index (χ3n) is 6.72. The molecule has 3 aromatic rings. The van der Waals surface area contributed by atoms with Gasteiger partial charge >= 0.3 is 0 Å². The third kappa shape index (κ3) is 8.79. The van der Waals surface area contributed by atoms with Crippen molar-refractivity contribution in [1.29, 1.82) is 0 Å². The first-order valence-corrected chi connectivity index (χ1v) is 16.3. The van der Waals surface area contributed by atoms with E-state index in [-0.39, 0.29) is 40.4 Å². The topological polar surface area (TPSA) is 96.0 Å². The average molecular weight is 669 g/mol. The molecule has 3 aromatic carbocycles. The number of carbonyl (C=O) groups is 2. The van der Waals surface area contributed by atoms with Crippen LogP contribution in [0.2, 0.25) is 15.1 Å². The third-order valence-corrected chi connectivity index (χ3v) is 9.54. The van der Waals surface area contributed by atoms with Gasteiger partial charge in [0.2, 0.25) is 11.8 Å². The van der Waals surface area contributed by atoms with Crippen LogP contribution in [0.15, 0.2) is 65.6 Å². The molecule has 3 rings (SSSR count). The number of hydrogen-bond acceptors (Lipinski definition) is 5. The monoisotopic (exact) mass is 667 g/mol. The van der Waals surface area contributed by atoms with Crippen LogP contribution in [0.25, 0.3) is 0 Å². The lowest BCUT2D eigenvalue weighted by Crippen LogP contribution is -2.52. The Labute approximate surface area is 268 Å². The second-order valence-corrected chi connectivity index (χ2v) is 13.6. The van der Waals surface area contributed by atoms with Crippen LogP contribution in [0.4, 0.5) is 5.69 Å². The SMILES string of the molecule is CC[C@H](C(=O)NCC(C)C)N(Cc1ccc(Cl)c(Cl)c1)C(=O)CN(c1ccc(OC)c(Cl)c1)S(=O)(=O)c1ccc(C)cc1. The Hall–Kier alpha value is -2.98. The molecule has 0 aromatic heterocycles. The van der Waals surface area contributed by atoms with Gasteiger partial charge in [-0.05, 0) is 67.3 Å². The summed E-state index contributed by atoms with van der Waals surface area (Å²) in [6.07, 6.45) is 0.288. The number of carbonyl (C=O) groups excluding carboxylic acids is 2. The number of ether oxygens (including phenoxy) is 1. The molecule has 0 fully saturated rings. The molecule has 0 aliphatic heterocycles. The van der Waals surface area contributed by atoms with Gasteiger partial charge in [0.25, 0.3) is 10.0 Å². The van der Waals surface area contributed by atoms with Gasteiger partial charge in [-0.3, -0.25) is 13.9 Å². The molecule has 1 N–H and O–H groups in total. The van der Waals surface area contributed by atoms with E-state index in [0.717, 1.165) is 9.87 Å². The van der Waals surface area contributed by atoms with E-state index < -0.39 is 28.5 Å². The largest absolute Gasteiger partial charge is 0.495 e. The van der Waals surface area contributed by atoms with Crippen molar-refractivity contribution in [1.82, 2.24) is 10.2 Å². The zero-order chi connectivity index (χ0) is 31.9. The van der Waals surface area contributed by atoms with Gasteiger partial charge in [-0.2, -0.15) is 0 Å². The van der Waals surface area contributed by atoms with Crippen molar-refractivity contribution < 1.29 is 22.7 Å². The van der Waals surface area contributed by atoms with Gasteiger partial charge in [-0.15, -0.1) is 0 Å². The molecule has 0 aliphatic carbocycles. The van der Waals surface area contributed by atoms with Crippen LogP contribution in [-0.2, 0) is 26.2 Å². The summed E-state index contributed by atoms with van der Waals surface area (Å²) < 4.78 is 34.3. The highest BCUT2D eigenvalue weighted by molar-refractivity contribution is 7.92. The van der Waals surface area contributed by atoms with E-state index in [1.807, 2.05) is 20.8 Å². The highest BCUT2D eigenvalue weighted by atomic mass is 35.5. The number of rotatable bonds is 13. The summed E-state index contributed by atoms with van der Waals surface area (Å²) in [5, 5.41) is 3.70. The first-order chi connectivity index (χ1) is 20.3. The maximum atomic E-state index is 14.2. The summed E-state index contributed by atoms with van der Waals surface area (Å²) in [7, 11) is -2.80. The minimum atomic E-state index is -4.25. The first-order valence-electron chi connectivity index (χ1n) is 13.7. The molecule has 0 bridgehead atoms. The quantitative estimate of drug-likeness (QED) is 0.218. The zero-order valence-corrected chi connectivity index (χ0v) is 27.8. The van der Waals surface area contributed by atoms with E-state index in [9.17, 15) is 18.0 Å². The molecule has 1 atom stereocenters. The Morgan fingerprint density at radius 2 is 1.60 bits per heavy atom. The van der Waals surface area contributed by atoms with Crippen LogP contribution in [0.5, 0.6) is 5.75 Å². The minimum Gasteiger partial charge on any atom is -0.495 e.